The summed E-state index contributed by atoms with van der Waals surface area (Å²) in [5, 5.41) is 0.890. The Morgan fingerprint density at radius 1 is 1.22 bits per heavy atom. The van der Waals surface area contributed by atoms with Gasteiger partial charge in [0.25, 0.3) is 0 Å². The Kier molecular flexibility index (Phi) is 3.80. The standard InChI is InChI=1S/C15H15N5O3/c1-8-2-3-10-9(6-22-11(10)4-8)5-13(21)23-7-12-18-14(16)20-15(17)19-12/h2-4,6H,5,7H2,1H3,(H4,16,17,18,19,20). The molecule has 1 aromatic carbocycles. The van der Waals surface area contributed by atoms with Crippen molar-refractivity contribution in [3.8, 4) is 0 Å². The zero-order chi connectivity index (χ0) is 16.4. The fourth-order valence-corrected chi connectivity index (χ4v) is 2.20. The minimum absolute atomic E-state index is 0.0141. The Balaban J connectivity index is 1.66. The number of nitrogens with zero attached hydrogens (tertiary/aromatic N) is 3. The van der Waals surface area contributed by atoms with E-state index in [4.69, 9.17) is 20.6 Å². The van der Waals surface area contributed by atoms with Gasteiger partial charge in [-0.15, -0.1) is 0 Å². The lowest BCUT2D eigenvalue weighted by Crippen LogP contribution is -2.12. The Morgan fingerprint density at radius 3 is 2.70 bits per heavy atom. The first-order valence-corrected chi connectivity index (χ1v) is 6.89. The molecule has 0 unspecified atom stereocenters. The number of ether oxygens (including phenoxy) is 1. The van der Waals surface area contributed by atoms with E-state index in [1.54, 1.807) is 6.26 Å². The number of hydrogen-bond donors (Lipinski definition) is 2. The number of hydrogen-bond acceptors (Lipinski definition) is 8. The Bertz CT molecular complexity index is 854. The van der Waals surface area contributed by atoms with Crippen molar-refractivity contribution in [3.05, 3.63) is 41.4 Å². The van der Waals surface area contributed by atoms with Crippen molar-refractivity contribution in [1.82, 2.24) is 15.0 Å². The number of benzene rings is 1. The molecule has 2 aromatic heterocycles. The van der Waals surface area contributed by atoms with Crippen molar-refractivity contribution in [3.63, 3.8) is 0 Å². The van der Waals surface area contributed by atoms with E-state index in [1.165, 1.54) is 0 Å². The maximum atomic E-state index is 12.0. The van der Waals surface area contributed by atoms with Crippen molar-refractivity contribution in [2.24, 2.45) is 0 Å². The second-order valence-corrected chi connectivity index (χ2v) is 5.07. The van der Waals surface area contributed by atoms with Crippen LogP contribution in [0.4, 0.5) is 11.9 Å². The molecule has 0 aliphatic heterocycles. The molecule has 8 heteroatoms. The summed E-state index contributed by atoms with van der Waals surface area (Å²) in [5.41, 5.74) is 13.5. The van der Waals surface area contributed by atoms with Gasteiger partial charge in [0.1, 0.15) is 5.58 Å². The SMILES string of the molecule is Cc1ccc2c(CC(=O)OCc3nc(N)nc(N)n3)coc2c1. The van der Waals surface area contributed by atoms with Gasteiger partial charge in [-0.2, -0.15) is 15.0 Å². The number of anilines is 2. The summed E-state index contributed by atoms with van der Waals surface area (Å²) in [5.74, 6) is -0.249. The molecular formula is C15H15N5O3. The number of nitrogens with two attached hydrogens (primary N) is 2. The van der Waals surface area contributed by atoms with E-state index in [-0.39, 0.29) is 30.7 Å². The van der Waals surface area contributed by atoms with E-state index >= 15 is 0 Å². The third kappa shape index (κ3) is 3.37. The molecule has 0 fully saturated rings. The summed E-state index contributed by atoms with van der Waals surface area (Å²) >= 11 is 0. The number of fused-ring (bicyclic) bond motifs is 1. The molecule has 4 N–H and O–H groups in total. The zero-order valence-electron chi connectivity index (χ0n) is 12.4. The highest BCUT2D eigenvalue weighted by atomic mass is 16.5. The van der Waals surface area contributed by atoms with Gasteiger partial charge in [-0.25, -0.2) is 0 Å². The predicted octanol–water partition coefficient (Wildman–Crippen LogP) is 1.38. The van der Waals surface area contributed by atoms with Crippen LogP contribution in [0.5, 0.6) is 0 Å². The largest absolute Gasteiger partial charge is 0.464 e. The summed E-state index contributed by atoms with van der Waals surface area (Å²) in [7, 11) is 0. The molecule has 118 valence electrons. The van der Waals surface area contributed by atoms with Crippen molar-refractivity contribution in [2.75, 3.05) is 11.5 Å². The van der Waals surface area contributed by atoms with Gasteiger partial charge >= 0.3 is 5.97 Å². The number of esters is 1. The molecule has 0 atom stereocenters. The average molecular weight is 313 g/mol. The van der Waals surface area contributed by atoms with Crippen molar-refractivity contribution >= 4 is 28.8 Å². The maximum Gasteiger partial charge on any atom is 0.310 e. The number of aromatic nitrogens is 3. The van der Waals surface area contributed by atoms with Crippen molar-refractivity contribution in [2.45, 2.75) is 20.0 Å². The molecular weight excluding hydrogens is 298 g/mol. The number of carbonyl (C=O) groups excluding carboxylic acids is 1. The molecule has 0 spiro atoms. The van der Waals surface area contributed by atoms with Gasteiger partial charge in [-0.05, 0) is 18.6 Å². The second-order valence-electron chi connectivity index (χ2n) is 5.07. The quantitative estimate of drug-likeness (QED) is 0.691. The van der Waals surface area contributed by atoms with Crippen LogP contribution in [0, 0.1) is 6.92 Å². The number of rotatable bonds is 4. The normalized spacial score (nSPS) is 10.8. The van der Waals surface area contributed by atoms with Gasteiger partial charge in [0, 0.05) is 10.9 Å². The van der Waals surface area contributed by atoms with Crippen LogP contribution in [0.2, 0.25) is 0 Å². The van der Waals surface area contributed by atoms with E-state index in [9.17, 15) is 4.79 Å². The molecule has 0 aliphatic rings. The summed E-state index contributed by atoms with van der Waals surface area (Å²) < 4.78 is 10.6. The van der Waals surface area contributed by atoms with Crippen LogP contribution < -0.4 is 11.5 Å². The summed E-state index contributed by atoms with van der Waals surface area (Å²) in [6.45, 7) is 1.85. The number of aryl methyl sites for hydroxylation is 1. The monoisotopic (exact) mass is 313 g/mol. The number of furan rings is 1. The summed E-state index contributed by atoms with van der Waals surface area (Å²) in [6, 6.07) is 5.80. The van der Waals surface area contributed by atoms with E-state index < -0.39 is 5.97 Å². The van der Waals surface area contributed by atoms with Crippen LogP contribution in [0.15, 0.2) is 28.9 Å². The van der Waals surface area contributed by atoms with E-state index in [2.05, 4.69) is 15.0 Å². The van der Waals surface area contributed by atoms with Crippen LogP contribution in [0.1, 0.15) is 17.0 Å². The minimum Gasteiger partial charge on any atom is -0.464 e. The molecule has 2 heterocycles. The van der Waals surface area contributed by atoms with Gasteiger partial charge in [0.15, 0.2) is 12.4 Å². The van der Waals surface area contributed by atoms with Crippen molar-refractivity contribution in [1.29, 1.82) is 0 Å². The number of carbonyl (C=O) groups is 1. The molecule has 8 nitrogen and oxygen atoms in total. The molecule has 0 bridgehead atoms. The number of nitrogen functional groups attached to an aromatic ring is 2. The van der Waals surface area contributed by atoms with Gasteiger partial charge in [-0.3, -0.25) is 4.79 Å². The highest BCUT2D eigenvalue weighted by molar-refractivity contribution is 5.86. The first-order valence-electron chi connectivity index (χ1n) is 6.89. The van der Waals surface area contributed by atoms with Crippen LogP contribution >= 0.6 is 0 Å². The Morgan fingerprint density at radius 2 is 1.96 bits per heavy atom. The van der Waals surface area contributed by atoms with E-state index in [0.29, 0.717) is 0 Å². The van der Waals surface area contributed by atoms with Crippen LogP contribution in [0.3, 0.4) is 0 Å². The molecule has 0 saturated heterocycles. The lowest BCUT2D eigenvalue weighted by atomic mass is 10.1. The molecule has 0 radical (unpaired) electrons. The summed E-state index contributed by atoms with van der Waals surface area (Å²) in [4.78, 5) is 23.3. The molecule has 3 rings (SSSR count). The fraction of sp³-hybridized carbons (Fsp3) is 0.200. The lowest BCUT2D eigenvalue weighted by Gasteiger charge is -2.04. The predicted molar refractivity (Wildman–Crippen MR) is 83.1 cm³/mol. The second kappa shape index (κ2) is 5.91. The fourth-order valence-electron chi connectivity index (χ4n) is 2.20. The van der Waals surface area contributed by atoms with Gasteiger partial charge in [-0.1, -0.05) is 12.1 Å². The third-order valence-corrected chi connectivity index (χ3v) is 3.22. The van der Waals surface area contributed by atoms with E-state index in [0.717, 1.165) is 22.1 Å². The minimum atomic E-state index is -0.425. The smallest absolute Gasteiger partial charge is 0.310 e. The van der Waals surface area contributed by atoms with Crippen LogP contribution in [0.25, 0.3) is 11.0 Å². The summed E-state index contributed by atoms with van der Waals surface area (Å²) in [6.07, 6.45) is 1.65. The van der Waals surface area contributed by atoms with Gasteiger partial charge < -0.3 is 20.6 Å². The van der Waals surface area contributed by atoms with Gasteiger partial charge in [0.2, 0.25) is 11.9 Å². The third-order valence-electron chi connectivity index (χ3n) is 3.22. The van der Waals surface area contributed by atoms with Gasteiger partial charge in [0.05, 0.1) is 12.7 Å². The first kappa shape index (κ1) is 14.8. The molecule has 0 saturated carbocycles. The Labute approximate surface area is 131 Å². The van der Waals surface area contributed by atoms with Crippen LogP contribution in [-0.2, 0) is 22.6 Å². The zero-order valence-corrected chi connectivity index (χ0v) is 12.4. The molecule has 3 aromatic rings. The Hall–Kier alpha value is -3.16. The molecule has 0 aliphatic carbocycles. The maximum absolute atomic E-state index is 12.0. The molecule has 0 amide bonds. The first-order chi connectivity index (χ1) is 11.0. The topological polar surface area (TPSA) is 130 Å². The highest BCUT2D eigenvalue weighted by Crippen LogP contribution is 2.23. The van der Waals surface area contributed by atoms with E-state index in [1.807, 2.05) is 25.1 Å². The lowest BCUT2D eigenvalue weighted by molar-refractivity contribution is -0.144. The van der Waals surface area contributed by atoms with Crippen molar-refractivity contribution < 1.29 is 13.9 Å². The van der Waals surface area contributed by atoms with Crippen LogP contribution in [-0.4, -0.2) is 20.9 Å². The highest BCUT2D eigenvalue weighted by Gasteiger charge is 2.12. The average Bonchev–Trinajstić information content (AvgIpc) is 2.86. The molecule has 23 heavy (non-hydrogen) atoms.